The number of aliphatic hydroxyl groups is 1. The van der Waals surface area contributed by atoms with Crippen LogP contribution in [0.3, 0.4) is 0 Å². The summed E-state index contributed by atoms with van der Waals surface area (Å²) in [6.07, 6.45) is 3.11. The first kappa shape index (κ1) is 22.5. The van der Waals surface area contributed by atoms with E-state index in [0.29, 0.717) is 17.1 Å². The summed E-state index contributed by atoms with van der Waals surface area (Å²) in [5, 5.41) is 9.02. The van der Waals surface area contributed by atoms with E-state index in [-0.39, 0.29) is 32.7 Å². The summed E-state index contributed by atoms with van der Waals surface area (Å²) in [5.74, 6) is -0.269. The number of benzene rings is 1. The molecule has 0 saturated carbocycles. The Hall–Kier alpha value is -2.54. The number of esters is 2. The van der Waals surface area contributed by atoms with Gasteiger partial charge >= 0.3 is 11.9 Å². The third kappa shape index (κ3) is 5.99. The average molecular weight is 380 g/mol. The maximum atomic E-state index is 12.8. The van der Waals surface area contributed by atoms with Crippen LogP contribution in [0.4, 0.5) is 0 Å². The number of hydrogen-bond acceptors (Lipinski definition) is 7. The van der Waals surface area contributed by atoms with Crippen LogP contribution in [0.15, 0.2) is 30.4 Å². The van der Waals surface area contributed by atoms with Crippen LogP contribution in [-0.4, -0.2) is 51.1 Å². The number of ether oxygens (including phenoxy) is 4. The molecular formula is C20H28O7. The average Bonchev–Trinajstić information content (AvgIpc) is 2.67. The zero-order valence-corrected chi connectivity index (χ0v) is 16.3. The van der Waals surface area contributed by atoms with Gasteiger partial charge in [-0.2, -0.15) is 0 Å². The number of carbonyl (C=O) groups is 2. The summed E-state index contributed by atoms with van der Waals surface area (Å²) in [7, 11) is 3.04. The molecule has 0 aliphatic carbocycles. The van der Waals surface area contributed by atoms with Gasteiger partial charge in [0.1, 0.15) is 11.5 Å². The van der Waals surface area contributed by atoms with E-state index in [1.54, 1.807) is 38.1 Å². The van der Waals surface area contributed by atoms with E-state index in [1.165, 1.54) is 20.3 Å². The number of hydrogen-bond donors (Lipinski definition) is 1. The lowest BCUT2D eigenvalue weighted by Gasteiger charge is -2.28. The van der Waals surface area contributed by atoms with Gasteiger partial charge in [0.25, 0.3) is 0 Å². The van der Waals surface area contributed by atoms with Gasteiger partial charge in [-0.25, -0.2) is 0 Å². The van der Waals surface area contributed by atoms with Gasteiger partial charge in [-0.1, -0.05) is 12.2 Å². The zero-order valence-electron chi connectivity index (χ0n) is 16.3. The topological polar surface area (TPSA) is 91.3 Å². The number of methoxy groups -OCH3 is 2. The van der Waals surface area contributed by atoms with E-state index in [0.717, 1.165) is 0 Å². The van der Waals surface area contributed by atoms with Crippen molar-refractivity contribution < 1.29 is 33.6 Å². The van der Waals surface area contributed by atoms with Gasteiger partial charge in [-0.3, -0.25) is 9.59 Å². The normalized spacial score (nSPS) is 11.3. The Morgan fingerprint density at radius 3 is 1.89 bits per heavy atom. The van der Waals surface area contributed by atoms with Gasteiger partial charge in [-0.05, 0) is 44.4 Å². The maximum Gasteiger partial charge on any atom is 0.324 e. The fourth-order valence-corrected chi connectivity index (χ4v) is 2.68. The SMILES string of the molecule is CCOC(=O)C(C/C=C\CO)(Cc1cc(OC)cc(OC)c1)C(=O)OCC. The smallest absolute Gasteiger partial charge is 0.324 e. The van der Waals surface area contributed by atoms with Gasteiger partial charge in [0, 0.05) is 6.07 Å². The van der Waals surface area contributed by atoms with E-state index in [4.69, 9.17) is 24.1 Å². The lowest BCUT2D eigenvalue weighted by atomic mass is 9.78. The second-order valence-corrected chi connectivity index (χ2v) is 5.78. The molecular weight excluding hydrogens is 352 g/mol. The summed E-state index contributed by atoms with van der Waals surface area (Å²) >= 11 is 0. The third-order valence-corrected chi connectivity index (χ3v) is 3.99. The Kier molecular flexibility index (Phi) is 9.36. The van der Waals surface area contributed by atoms with Crippen molar-refractivity contribution >= 4 is 11.9 Å². The van der Waals surface area contributed by atoms with Gasteiger partial charge in [-0.15, -0.1) is 0 Å². The molecule has 0 spiro atoms. The molecule has 0 fully saturated rings. The Balaban J connectivity index is 3.42. The minimum atomic E-state index is -1.57. The predicted molar refractivity (Wildman–Crippen MR) is 99.8 cm³/mol. The molecule has 0 radical (unpaired) electrons. The van der Waals surface area contributed by atoms with E-state index in [1.807, 2.05) is 0 Å². The molecule has 1 aromatic rings. The highest BCUT2D eigenvalue weighted by Gasteiger charge is 2.48. The molecule has 27 heavy (non-hydrogen) atoms. The van der Waals surface area contributed by atoms with Crippen LogP contribution < -0.4 is 9.47 Å². The highest BCUT2D eigenvalue weighted by molar-refractivity contribution is 6.00. The van der Waals surface area contributed by atoms with Gasteiger partial charge in [0.2, 0.25) is 0 Å². The minimum Gasteiger partial charge on any atom is -0.497 e. The van der Waals surface area contributed by atoms with Crippen LogP contribution in [0.1, 0.15) is 25.8 Å². The van der Waals surface area contributed by atoms with Crippen molar-refractivity contribution in [2.45, 2.75) is 26.7 Å². The molecule has 1 aromatic carbocycles. The molecule has 1 N–H and O–H groups in total. The predicted octanol–water partition coefficient (Wildman–Crippen LogP) is 2.30. The fraction of sp³-hybridized carbons (Fsp3) is 0.500. The van der Waals surface area contributed by atoms with E-state index in [2.05, 4.69) is 0 Å². The minimum absolute atomic E-state index is 0.0325. The molecule has 150 valence electrons. The summed E-state index contributed by atoms with van der Waals surface area (Å²) < 4.78 is 20.9. The highest BCUT2D eigenvalue weighted by Crippen LogP contribution is 2.34. The van der Waals surface area contributed by atoms with Crippen molar-refractivity contribution in [3.05, 3.63) is 35.9 Å². The van der Waals surface area contributed by atoms with Crippen molar-refractivity contribution in [3.8, 4) is 11.5 Å². The first-order valence-electron chi connectivity index (χ1n) is 8.79. The zero-order chi connectivity index (χ0) is 20.3. The maximum absolute atomic E-state index is 12.8. The molecule has 0 bridgehead atoms. The molecule has 0 heterocycles. The van der Waals surface area contributed by atoms with Crippen molar-refractivity contribution in [2.75, 3.05) is 34.0 Å². The molecule has 7 heteroatoms. The molecule has 0 saturated heterocycles. The second kappa shape index (κ2) is 11.2. The fourth-order valence-electron chi connectivity index (χ4n) is 2.68. The monoisotopic (exact) mass is 380 g/mol. The Morgan fingerprint density at radius 1 is 0.963 bits per heavy atom. The van der Waals surface area contributed by atoms with E-state index in [9.17, 15) is 9.59 Å². The summed E-state index contributed by atoms with van der Waals surface area (Å²) in [6.45, 7) is 3.41. The quantitative estimate of drug-likeness (QED) is 0.358. The van der Waals surface area contributed by atoms with Crippen molar-refractivity contribution in [1.82, 2.24) is 0 Å². The first-order chi connectivity index (χ1) is 13.0. The molecule has 0 amide bonds. The molecule has 0 atom stereocenters. The third-order valence-electron chi connectivity index (χ3n) is 3.99. The lowest BCUT2D eigenvalue weighted by Crippen LogP contribution is -2.43. The summed E-state index contributed by atoms with van der Waals surface area (Å²) in [5.41, 5.74) is -0.917. The molecule has 7 nitrogen and oxygen atoms in total. The van der Waals surface area contributed by atoms with Crippen molar-refractivity contribution in [2.24, 2.45) is 5.41 Å². The molecule has 0 unspecified atom stereocenters. The van der Waals surface area contributed by atoms with Gasteiger partial charge < -0.3 is 24.1 Å². The Labute approximate surface area is 159 Å². The first-order valence-corrected chi connectivity index (χ1v) is 8.79. The Morgan fingerprint density at radius 2 is 1.48 bits per heavy atom. The molecule has 1 rings (SSSR count). The van der Waals surface area contributed by atoms with Crippen molar-refractivity contribution in [1.29, 1.82) is 0 Å². The Bertz CT molecular complexity index is 611. The van der Waals surface area contributed by atoms with Gasteiger partial charge in [0.15, 0.2) is 5.41 Å². The molecule has 0 aliphatic rings. The van der Waals surface area contributed by atoms with Crippen molar-refractivity contribution in [3.63, 3.8) is 0 Å². The number of carbonyl (C=O) groups excluding carboxylic acids is 2. The number of allylic oxidation sites excluding steroid dienone is 1. The van der Waals surface area contributed by atoms with Crippen LogP contribution >= 0.6 is 0 Å². The largest absolute Gasteiger partial charge is 0.497 e. The molecule has 0 aromatic heterocycles. The van der Waals surface area contributed by atoms with Crippen LogP contribution in [-0.2, 0) is 25.5 Å². The van der Waals surface area contributed by atoms with Crippen LogP contribution in [0.5, 0.6) is 11.5 Å². The number of aliphatic hydroxyl groups excluding tert-OH is 1. The standard InChI is InChI=1S/C20H28O7/c1-5-26-18(22)20(9-7-8-10-21,19(23)27-6-2)14-15-11-16(24-3)13-17(12-15)25-4/h7-8,11-13,21H,5-6,9-10,14H2,1-4H3/b8-7-. The highest BCUT2D eigenvalue weighted by atomic mass is 16.6. The van der Waals surface area contributed by atoms with Gasteiger partial charge in [0.05, 0.1) is 34.0 Å². The van der Waals surface area contributed by atoms with Crippen LogP contribution in [0, 0.1) is 5.41 Å². The number of rotatable bonds is 11. The second-order valence-electron chi connectivity index (χ2n) is 5.78. The summed E-state index contributed by atoms with van der Waals surface area (Å²) in [4.78, 5) is 25.6. The van der Waals surface area contributed by atoms with Crippen LogP contribution in [0.2, 0.25) is 0 Å². The van der Waals surface area contributed by atoms with Crippen LogP contribution in [0.25, 0.3) is 0 Å². The lowest BCUT2D eigenvalue weighted by molar-refractivity contribution is -0.171. The van der Waals surface area contributed by atoms with E-state index >= 15 is 0 Å². The summed E-state index contributed by atoms with van der Waals surface area (Å²) in [6, 6.07) is 5.16. The van der Waals surface area contributed by atoms with E-state index < -0.39 is 17.4 Å². The molecule has 0 aliphatic heterocycles.